The van der Waals surface area contributed by atoms with Crippen LogP contribution < -0.4 is 5.32 Å². The molecule has 76 valence electrons. The second-order valence-corrected chi connectivity index (χ2v) is 4.81. The van der Waals surface area contributed by atoms with E-state index in [2.05, 4.69) is 34.3 Å². The lowest BCUT2D eigenvalue weighted by Crippen LogP contribution is -2.11. The highest BCUT2D eigenvalue weighted by Gasteiger charge is 2.46. The van der Waals surface area contributed by atoms with E-state index in [1.165, 1.54) is 0 Å². The van der Waals surface area contributed by atoms with Crippen molar-refractivity contribution < 1.29 is 0 Å². The van der Waals surface area contributed by atoms with Gasteiger partial charge in [-0.3, -0.25) is 0 Å². The molecule has 0 aromatic carbocycles. The summed E-state index contributed by atoms with van der Waals surface area (Å²) in [5.74, 6) is 0.516. The summed E-state index contributed by atoms with van der Waals surface area (Å²) < 4.78 is 0. The van der Waals surface area contributed by atoms with E-state index in [0.29, 0.717) is 17.3 Å². The van der Waals surface area contributed by atoms with Crippen molar-refractivity contribution in [2.75, 3.05) is 5.32 Å². The van der Waals surface area contributed by atoms with Gasteiger partial charge in [0, 0.05) is 6.04 Å². The lowest BCUT2D eigenvalue weighted by atomic mass is 10.2. The molecule has 0 aliphatic heterocycles. The van der Waals surface area contributed by atoms with Gasteiger partial charge in [-0.25, -0.2) is 0 Å². The van der Waals surface area contributed by atoms with Gasteiger partial charge in [-0.05, 0) is 23.4 Å². The van der Waals surface area contributed by atoms with E-state index < -0.39 is 0 Å². The molecule has 1 fully saturated rings. The largest absolute Gasteiger partial charge is 0.364 e. The summed E-state index contributed by atoms with van der Waals surface area (Å²) in [6.07, 6.45) is 1.10. The molecule has 1 aliphatic rings. The number of nitrogens with one attached hydrogen (secondary N) is 1. The lowest BCUT2D eigenvalue weighted by molar-refractivity contribution is 0.629. The molecule has 1 saturated carbocycles. The molecule has 14 heavy (non-hydrogen) atoms. The van der Waals surface area contributed by atoms with Crippen LogP contribution in [-0.4, -0.2) is 21.2 Å². The summed E-state index contributed by atoms with van der Waals surface area (Å²) >= 11 is 11.4. The van der Waals surface area contributed by atoms with Crippen molar-refractivity contribution >= 4 is 29.0 Å². The number of rotatable bonds is 2. The highest BCUT2D eigenvalue weighted by atomic mass is 35.5. The topological polar surface area (TPSA) is 50.7 Å². The van der Waals surface area contributed by atoms with Gasteiger partial charge in [0.25, 0.3) is 0 Å². The maximum atomic E-state index is 5.80. The Morgan fingerprint density at radius 2 is 2.00 bits per heavy atom. The smallest absolute Gasteiger partial charge is 0.245 e. The normalized spacial score (nSPS) is 23.3. The number of aromatic nitrogens is 3. The summed E-state index contributed by atoms with van der Waals surface area (Å²) in [5.41, 5.74) is 0.306. The van der Waals surface area contributed by atoms with Crippen molar-refractivity contribution in [1.29, 1.82) is 0 Å². The predicted octanol–water partition coefficient (Wildman–Crippen LogP) is 2.39. The van der Waals surface area contributed by atoms with Crippen LogP contribution in [0.15, 0.2) is 0 Å². The Labute approximate surface area is 92.0 Å². The van der Waals surface area contributed by atoms with E-state index in [0.717, 1.165) is 6.42 Å². The Balaban J connectivity index is 2.13. The van der Waals surface area contributed by atoms with Crippen LogP contribution in [0.25, 0.3) is 0 Å². The molecule has 0 amide bonds. The number of halogens is 2. The molecule has 0 radical (unpaired) electrons. The minimum Gasteiger partial charge on any atom is -0.364 e. The Kier molecular flexibility index (Phi) is 2.27. The standard InChI is InChI=1S/C8H10Cl2N4/c1-8(2)3-4(8)11-6-5(9)13-14-7(10)12-6/h4H,3H2,1-2H3,(H,11,12,14). The maximum Gasteiger partial charge on any atom is 0.245 e. The Morgan fingerprint density at radius 1 is 1.36 bits per heavy atom. The summed E-state index contributed by atoms with van der Waals surface area (Å²) in [7, 11) is 0. The number of hydrogen-bond acceptors (Lipinski definition) is 4. The van der Waals surface area contributed by atoms with Gasteiger partial charge in [0.15, 0.2) is 11.0 Å². The summed E-state index contributed by atoms with van der Waals surface area (Å²) in [5, 5.41) is 10.8. The minimum absolute atomic E-state index is 0.107. The van der Waals surface area contributed by atoms with Crippen molar-refractivity contribution in [3.05, 3.63) is 10.4 Å². The zero-order chi connectivity index (χ0) is 10.3. The highest BCUT2D eigenvalue weighted by molar-refractivity contribution is 6.32. The van der Waals surface area contributed by atoms with Crippen molar-refractivity contribution in [2.45, 2.75) is 26.3 Å². The Morgan fingerprint density at radius 3 is 2.57 bits per heavy atom. The molecular formula is C8H10Cl2N4. The molecule has 1 heterocycles. The molecule has 0 saturated heterocycles. The first-order valence-electron chi connectivity index (χ1n) is 4.31. The fourth-order valence-corrected chi connectivity index (χ4v) is 1.52. The van der Waals surface area contributed by atoms with Gasteiger partial charge in [0.05, 0.1) is 0 Å². The van der Waals surface area contributed by atoms with Gasteiger partial charge in [-0.1, -0.05) is 25.4 Å². The predicted molar refractivity (Wildman–Crippen MR) is 55.7 cm³/mol. The van der Waals surface area contributed by atoms with Crippen molar-refractivity contribution in [2.24, 2.45) is 5.41 Å². The molecule has 2 rings (SSSR count). The van der Waals surface area contributed by atoms with Crippen LogP contribution in [0, 0.1) is 5.41 Å². The molecule has 0 bridgehead atoms. The van der Waals surface area contributed by atoms with Crippen LogP contribution in [0.4, 0.5) is 5.82 Å². The van der Waals surface area contributed by atoms with E-state index in [4.69, 9.17) is 23.2 Å². The van der Waals surface area contributed by atoms with Crippen LogP contribution in [0.1, 0.15) is 20.3 Å². The molecule has 1 aliphatic carbocycles. The average Bonchev–Trinajstić information content (AvgIpc) is 2.67. The fourth-order valence-electron chi connectivity index (χ4n) is 1.26. The molecule has 6 heteroatoms. The van der Waals surface area contributed by atoms with Crippen molar-refractivity contribution in [3.63, 3.8) is 0 Å². The number of hydrogen-bond donors (Lipinski definition) is 1. The van der Waals surface area contributed by atoms with Crippen LogP contribution >= 0.6 is 23.2 Å². The second kappa shape index (κ2) is 3.21. The first-order valence-corrected chi connectivity index (χ1v) is 5.07. The van der Waals surface area contributed by atoms with E-state index in [1.54, 1.807) is 0 Å². The minimum atomic E-state index is 0.107. The Hall–Kier alpha value is -0.610. The highest BCUT2D eigenvalue weighted by Crippen LogP contribution is 2.46. The first kappa shape index (κ1) is 9.93. The SMILES string of the molecule is CC1(C)CC1Nc1nc(Cl)nnc1Cl. The third kappa shape index (κ3) is 1.91. The summed E-state index contributed by atoms with van der Waals surface area (Å²) in [4.78, 5) is 3.97. The molecule has 1 aromatic rings. The molecule has 0 spiro atoms. The van der Waals surface area contributed by atoms with E-state index >= 15 is 0 Å². The lowest BCUT2D eigenvalue weighted by Gasteiger charge is -2.07. The van der Waals surface area contributed by atoms with Gasteiger partial charge in [0.1, 0.15) is 0 Å². The third-order valence-electron chi connectivity index (χ3n) is 2.44. The van der Waals surface area contributed by atoms with Gasteiger partial charge in [-0.2, -0.15) is 4.98 Å². The molecular weight excluding hydrogens is 223 g/mol. The van der Waals surface area contributed by atoms with Crippen LogP contribution in [0.5, 0.6) is 0 Å². The van der Waals surface area contributed by atoms with Crippen LogP contribution in [0.3, 0.4) is 0 Å². The monoisotopic (exact) mass is 232 g/mol. The van der Waals surface area contributed by atoms with E-state index in [9.17, 15) is 0 Å². The third-order valence-corrected chi connectivity index (χ3v) is 2.86. The molecule has 1 unspecified atom stereocenters. The van der Waals surface area contributed by atoms with Gasteiger partial charge in [-0.15, -0.1) is 10.2 Å². The zero-order valence-corrected chi connectivity index (χ0v) is 9.39. The van der Waals surface area contributed by atoms with Crippen LogP contribution in [-0.2, 0) is 0 Å². The van der Waals surface area contributed by atoms with E-state index in [-0.39, 0.29) is 10.4 Å². The zero-order valence-electron chi connectivity index (χ0n) is 7.88. The van der Waals surface area contributed by atoms with Crippen LogP contribution in [0.2, 0.25) is 10.4 Å². The molecule has 1 atom stereocenters. The Bertz CT molecular complexity index is 366. The first-order chi connectivity index (χ1) is 6.49. The van der Waals surface area contributed by atoms with Gasteiger partial charge < -0.3 is 5.32 Å². The number of nitrogens with zero attached hydrogens (tertiary/aromatic N) is 3. The second-order valence-electron chi connectivity index (χ2n) is 4.11. The number of anilines is 1. The van der Waals surface area contributed by atoms with Crippen molar-refractivity contribution in [1.82, 2.24) is 15.2 Å². The van der Waals surface area contributed by atoms with Crippen molar-refractivity contribution in [3.8, 4) is 0 Å². The van der Waals surface area contributed by atoms with Gasteiger partial charge in [0.2, 0.25) is 5.28 Å². The average molecular weight is 233 g/mol. The quantitative estimate of drug-likeness (QED) is 0.851. The summed E-state index contributed by atoms with van der Waals surface area (Å²) in [6, 6.07) is 0.396. The summed E-state index contributed by atoms with van der Waals surface area (Å²) in [6.45, 7) is 4.35. The maximum absolute atomic E-state index is 5.80. The molecule has 1 N–H and O–H groups in total. The van der Waals surface area contributed by atoms with E-state index in [1.807, 2.05) is 0 Å². The fraction of sp³-hybridized carbons (Fsp3) is 0.625. The molecule has 1 aromatic heterocycles. The van der Waals surface area contributed by atoms with Gasteiger partial charge >= 0.3 is 0 Å². The molecule has 4 nitrogen and oxygen atoms in total.